The third-order valence-electron chi connectivity index (χ3n) is 4.70. The first-order chi connectivity index (χ1) is 9.58. The Morgan fingerprint density at radius 2 is 1.70 bits per heavy atom. The van der Waals surface area contributed by atoms with Gasteiger partial charge in [0.1, 0.15) is 0 Å². The van der Waals surface area contributed by atoms with Gasteiger partial charge in [0.25, 0.3) is 0 Å². The highest BCUT2D eigenvalue weighted by molar-refractivity contribution is 6.05. The van der Waals surface area contributed by atoms with Gasteiger partial charge >= 0.3 is 5.97 Å². The fourth-order valence-corrected chi connectivity index (χ4v) is 3.64. The van der Waals surface area contributed by atoms with Crippen LogP contribution >= 0.6 is 0 Å². The highest BCUT2D eigenvalue weighted by Crippen LogP contribution is 2.38. The van der Waals surface area contributed by atoms with Crippen LogP contribution < -0.4 is 0 Å². The molecule has 3 fully saturated rings. The van der Waals surface area contributed by atoms with E-state index in [1.807, 2.05) is 0 Å². The van der Waals surface area contributed by atoms with Gasteiger partial charge < -0.3 is 9.84 Å². The second-order valence-electron chi connectivity index (χ2n) is 5.95. The van der Waals surface area contributed by atoms with Crippen LogP contribution in [-0.2, 0) is 19.1 Å². The molecule has 6 heteroatoms. The molecule has 0 radical (unpaired) electrons. The number of carbonyl (C=O) groups is 3. The molecule has 1 N–H and O–H groups in total. The zero-order valence-corrected chi connectivity index (χ0v) is 11.3. The standard InChI is InChI=1S/C14H19NO5/c16-12-9-3-1-2-4-10(9)13(17)15(12)7-8-5-6-11(20-8)14(18)19/h8-11H,1-7H2,(H,18,19). The molecular weight excluding hydrogens is 262 g/mol. The molecule has 4 atom stereocenters. The number of fused-ring (bicyclic) bond motifs is 1. The van der Waals surface area contributed by atoms with Crippen molar-refractivity contribution in [2.45, 2.75) is 50.7 Å². The number of aliphatic carboxylic acids is 1. The Kier molecular flexibility index (Phi) is 3.50. The molecule has 3 aliphatic rings. The molecule has 0 spiro atoms. The zero-order chi connectivity index (χ0) is 14.3. The number of imide groups is 1. The van der Waals surface area contributed by atoms with Crippen molar-refractivity contribution in [3.63, 3.8) is 0 Å². The normalized spacial score (nSPS) is 37.3. The van der Waals surface area contributed by atoms with E-state index >= 15 is 0 Å². The molecule has 3 rings (SSSR count). The lowest BCUT2D eigenvalue weighted by atomic mass is 9.81. The van der Waals surface area contributed by atoms with Gasteiger partial charge in [-0.2, -0.15) is 0 Å². The predicted octanol–water partition coefficient (Wildman–Crippen LogP) is 0.794. The van der Waals surface area contributed by atoms with Crippen LogP contribution in [-0.4, -0.2) is 46.5 Å². The minimum absolute atomic E-state index is 0.0814. The molecular formula is C14H19NO5. The molecule has 20 heavy (non-hydrogen) atoms. The van der Waals surface area contributed by atoms with Gasteiger partial charge in [0.05, 0.1) is 24.5 Å². The summed E-state index contributed by atoms with van der Waals surface area (Å²) in [5.74, 6) is -1.43. The van der Waals surface area contributed by atoms with Crippen LogP contribution in [0, 0.1) is 11.8 Å². The fraction of sp³-hybridized carbons (Fsp3) is 0.786. The van der Waals surface area contributed by atoms with Crippen molar-refractivity contribution < 1.29 is 24.2 Å². The Bertz CT molecular complexity index is 425. The first-order valence-corrected chi connectivity index (χ1v) is 7.31. The molecule has 4 unspecified atom stereocenters. The third-order valence-corrected chi connectivity index (χ3v) is 4.70. The van der Waals surface area contributed by atoms with E-state index in [1.54, 1.807) is 0 Å². The summed E-state index contributed by atoms with van der Waals surface area (Å²) in [4.78, 5) is 36.7. The molecule has 0 bridgehead atoms. The molecule has 1 aliphatic carbocycles. The minimum Gasteiger partial charge on any atom is -0.479 e. The van der Waals surface area contributed by atoms with Gasteiger partial charge in [0, 0.05) is 0 Å². The number of carboxylic acid groups (broad SMARTS) is 1. The Hall–Kier alpha value is -1.43. The van der Waals surface area contributed by atoms with Crippen LogP contribution in [0.3, 0.4) is 0 Å². The molecule has 2 amide bonds. The number of rotatable bonds is 3. The number of carbonyl (C=O) groups excluding carboxylic acids is 2. The molecule has 110 valence electrons. The number of hydrogen-bond acceptors (Lipinski definition) is 4. The van der Waals surface area contributed by atoms with Crippen LogP contribution in [0.4, 0.5) is 0 Å². The average Bonchev–Trinajstić information content (AvgIpc) is 3.00. The molecule has 2 aliphatic heterocycles. The smallest absolute Gasteiger partial charge is 0.332 e. The SMILES string of the molecule is O=C(O)C1CCC(CN2C(=O)C3CCCCC3C2=O)O1. The van der Waals surface area contributed by atoms with Crippen molar-refractivity contribution in [2.75, 3.05) is 6.54 Å². The van der Waals surface area contributed by atoms with Crippen molar-refractivity contribution in [3.8, 4) is 0 Å². The maximum atomic E-state index is 12.3. The Morgan fingerprint density at radius 3 is 2.20 bits per heavy atom. The van der Waals surface area contributed by atoms with Crippen LogP contribution in [0.1, 0.15) is 38.5 Å². The van der Waals surface area contributed by atoms with Crippen LogP contribution in [0.2, 0.25) is 0 Å². The Balaban J connectivity index is 1.64. The van der Waals surface area contributed by atoms with E-state index in [4.69, 9.17) is 9.84 Å². The largest absolute Gasteiger partial charge is 0.479 e. The number of likely N-dealkylation sites (tertiary alicyclic amines) is 1. The second kappa shape index (κ2) is 5.16. The lowest BCUT2D eigenvalue weighted by Gasteiger charge is -2.19. The summed E-state index contributed by atoms with van der Waals surface area (Å²) in [6, 6.07) is 0. The van der Waals surface area contributed by atoms with E-state index in [2.05, 4.69) is 0 Å². The third kappa shape index (κ3) is 2.22. The molecule has 0 aromatic carbocycles. The van der Waals surface area contributed by atoms with E-state index in [9.17, 15) is 14.4 Å². The maximum Gasteiger partial charge on any atom is 0.332 e. The molecule has 0 aromatic rings. The topological polar surface area (TPSA) is 83.9 Å². The second-order valence-corrected chi connectivity index (χ2v) is 5.95. The van der Waals surface area contributed by atoms with Gasteiger partial charge in [0.15, 0.2) is 6.10 Å². The van der Waals surface area contributed by atoms with E-state index in [-0.39, 0.29) is 36.3 Å². The Morgan fingerprint density at radius 1 is 1.10 bits per heavy atom. The van der Waals surface area contributed by atoms with Crippen molar-refractivity contribution >= 4 is 17.8 Å². The molecule has 0 aromatic heterocycles. The van der Waals surface area contributed by atoms with E-state index in [0.717, 1.165) is 25.7 Å². The van der Waals surface area contributed by atoms with Gasteiger partial charge in [0.2, 0.25) is 11.8 Å². The summed E-state index contributed by atoms with van der Waals surface area (Å²) < 4.78 is 5.39. The van der Waals surface area contributed by atoms with E-state index in [1.165, 1.54) is 4.90 Å². The average molecular weight is 281 g/mol. The lowest BCUT2D eigenvalue weighted by Crippen LogP contribution is -2.38. The first kappa shape index (κ1) is 13.5. The van der Waals surface area contributed by atoms with Crippen LogP contribution in [0.5, 0.6) is 0 Å². The monoisotopic (exact) mass is 281 g/mol. The van der Waals surface area contributed by atoms with E-state index < -0.39 is 12.1 Å². The van der Waals surface area contributed by atoms with Gasteiger partial charge in [-0.15, -0.1) is 0 Å². The summed E-state index contributed by atoms with van der Waals surface area (Å²) in [5, 5.41) is 8.89. The maximum absolute atomic E-state index is 12.3. The molecule has 2 heterocycles. The Labute approximate surface area is 117 Å². The summed E-state index contributed by atoms with van der Waals surface area (Å²) in [6.45, 7) is 0.217. The van der Waals surface area contributed by atoms with Gasteiger partial charge in [-0.1, -0.05) is 12.8 Å². The zero-order valence-electron chi connectivity index (χ0n) is 11.3. The summed E-state index contributed by atoms with van der Waals surface area (Å²) in [5.41, 5.74) is 0. The summed E-state index contributed by atoms with van der Waals surface area (Å²) >= 11 is 0. The highest BCUT2D eigenvalue weighted by Gasteiger charge is 2.49. The first-order valence-electron chi connectivity index (χ1n) is 7.31. The predicted molar refractivity (Wildman–Crippen MR) is 67.7 cm³/mol. The van der Waals surface area contributed by atoms with Crippen LogP contribution in [0.25, 0.3) is 0 Å². The number of carboxylic acids is 1. The van der Waals surface area contributed by atoms with Gasteiger partial charge in [-0.3, -0.25) is 14.5 Å². The molecule has 1 saturated carbocycles. The van der Waals surface area contributed by atoms with Crippen molar-refractivity contribution in [2.24, 2.45) is 11.8 Å². The number of hydrogen-bond donors (Lipinski definition) is 1. The molecule has 2 saturated heterocycles. The fourth-order valence-electron chi connectivity index (χ4n) is 3.64. The summed E-state index contributed by atoms with van der Waals surface area (Å²) in [7, 11) is 0. The van der Waals surface area contributed by atoms with Crippen molar-refractivity contribution in [1.29, 1.82) is 0 Å². The van der Waals surface area contributed by atoms with Crippen molar-refractivity contribution in [3.05, 3.63) is 0 Å². The molecule has 6 nitrogen and oxygen atoms in total. The van der Waals surface area contributed by atoms with Crippen LogP contribution in [0.15, 0.2) is 0 Å². The number of nitrogens with zero attached hydrogens (tertiary/aromatic N) is 1. The van der Waals surface area contributed by atoms with E-state index in [0.29, 0.717) is 12.8 Å². The summed E-state index contributed by atoms with van der Waals surface area (Å²) in [6.07, 6.45) is 3.53. The van der Waals surface area contributed by atoms with Gasteiger partial charge in [-0.05, 0) is 25.7 Å². The number of ether oxygens (including phenoxy) is 1. The van der Waals surface area contributed by atoms with Crippen molar-refractivity contribution in [1.82, 2.24) is 4.90 Å². The number of amides is 2. The lowest BCUT2D eigenvalue weighted by molar-refractivity contribution is -0.150. The minimum atomic E-state index is -0.972. The quantitative estimate of drug-likeness (QED) is 0.773. The van der Waals surface area contributed by atoms with Gasteiger partial charge in [-0.25, -0.2) is 4.79 Å². The highest BCUT2D eigenvalue weighted by atomic mass is 16.5.